The van der Waals surface area contributed by atoms with E-state index in [4.69, 9.17) is 11.6 Å². The van der Waals surface area contributed by atoms with Gasteiger partial charge in [-0.25, -0.2) is 9.37 Å². The predicted octanol–water partition coefficient (Wildman–Crippen LogP) is 3.42. The lowest BCUT2D eigenvalue weighted by molar-refractivity contribution is -0.123. The highest BCUT2D eigenvalue weighted by Gasteiger charge is 2.36. The standard InChI is InChI=1S/C23H18ClFN6O3S2/c24-14-6-5-11(25)9-13(14)17-19-20(29-22(33)18-12-3-1-2-4-15(12)36-30-18)28-21(23(34)26-7-8-35)31(19)10-16(32)27-17/h1-6,9,17,35H,7-8,10H2,(H,26,34)(H,27,32)(H,29,33). The third kappa shape index (κ3) is 4.43. The molecule has 0 spiro atoms. The van der Waals surface area contributed by atoms with Gasteiger partial charge in [-0.05, 0) is 35.8 Å². The molecule has 2 aromatic carbocycles. The number of hydrogen-bond acceptors (Lipinski definition) is 7. The summed E-state index contributed by atoms with van der Waals surface area (Å²) < 4.78 is 20.6. The smallest absolute Gasteiger partial charge is 0.287 e. The van der Waals surface area contributed by atoms with E-state index < -0.39 is 29.6 Å². The summed E-state index contributed by atoms with van der Waals surface area (Å²) in [5, 5.41) is 9.03. The molecule has 1 aliphatic rings. The van der Waals surface area contributed by atoms with Gasteiger partial charge in [0.05, 0.1) is 16.4 Å². The molecule has 9 nitrogen and oxygen atoms in total. The van der Waals surface area contributed by atoms with Crippen molar-refractivity contribution in [3.63, 3.8) is 0 Å². The van der Waals surface area contributed by atoms with Crippen LogP contribution in [-0.4, -0.2) is 43.9 Å². The summed E-state index contributed by atoms with van der Waals surface area (Å²) in [4.78, 5) is 43.1. The maximum Gasteiger partial charge on any atom is 0.287 e. The SMILES string of the molecule is O=C1Cn2c(C(=O)NCCS)nc(NC(=O)c3nsc4ccccc34)c2C(c2cc(F)ccc2Cl)N1. The fourth-order valence-electron chi connectivity index (χ4n) is 4.03. The van der Waals surface area contributed by atoms with Gasteiger partial charge >= 0.3 is 0 Å². The first-order chi connectivity index (χ1) is 17.4. The highest BCUT2D eigenvalue weighted by molar-refractivity contribution is 7.80. The fourth-order valence-corrected chi connectivity index (χ4v) is 5.14. The van der Waals surface area contributed by atoms with Crippen molar-refractivity contribution < 1.29 is 18.8 Å². The highest BCUT2D eigenvalue weighted by atomic mass is 35.5. The Labute approximate surface area is 218 Å². The molecule has 13 heteroatoms. The molecule has 3 heterocycles. The first-order valence-corrected chi connectivity index (χ1v) is 12.5. The van der Waals surface area contributed by atoms with Crippen molar-refractivity contribution in [2.24, 2.45) is 0 Å². The van der Waals surface area contributed by atoms with E-state index in [0.29, 0.717) is 11.1 Å². The van der Waals surface area contributed by atoms with E-state index in [1.165, 1.54) is 34.3 Å². The Morgan fingerprint density at radius 2 is 2.06 bits per heavy atom. The molecule has 2 aromatic heterocycles. The third-order valence-electron chi connectivity index (χ3n) is 5.58. The van der Waals surface area contributed by atoms with Crippen molar-refractivity contribution in [3.8, 4) is 0 Å². The topological polar surface area (TPSA) is 118 Å². The Bertz CT molecular complexity index is 1520. The third-order valence-corrected chi connectivity index (χ3v) is 6.98. The first-order valence-electron chi connectivity index (χ1n) is 10.8. The average molecular weight is 545 g/mol. The van der Waals surface area contributed by atoms with Crippen LogP contribution in [0.5, 0.6) is 0 Å². The average Bonchev–Trinajstić information content (AvgIpc) is 3.45. The van der Waals surface area contributed by atoms with Crippen LogP contribution in [0.25, 0.3) is 10.1 Å². The van der Waals surface area contributed by atoms with Gasteiger partial charge < -0.3 is 20.5 Å². The summed E-state index contributed by atoms with van der Waals surface area (Å²) in [5.74, 6) is -1.76. The van der Waals surface area contributed by atoms with Crippen LogP contribution in [0.1, 0.15) is 38.4 Å². The van der Waals surface area contributed by atoms with Crippen LogP contribution in [0.2, 0.25) is 5.02 Å². The van der Waals surface area contributed by atoms with Gasteiger partial charge in [-0.15, -0.1) is 0 Å². The maximum absolute atomic E-state index is 14.2. The lowest BCUT2D eigenvalue weighted by Crippen LogP contribution is -2.41. The molecule has 1 aliphatic heterocycles. The molecule has 3 N–H and O–H groups in total. The van der Waals surface area contributed by atoms with Crippen LogP contribution in [0.15, 0.2) is 42.5 Å². The van der Waals surface area contributed by atoms with E-state index in [2.05, 4.69) is 37.9 Å². The Kier molecular flexibility index (Phi) is 6.65. The lowest BCUT2D eigenvalue weighted by atomic mass is 10.0. The second kappa shape index (κ2) is 9.88. The summed E-state index contributed by atoms with van der Waals surface area (Å²) in [6.07, 6.45) is 0. The normalized spacial score (nSPS) is 14.9. The summed E-state index contributed by atoms with van der Waals surface area (Å²) in [5.41, 5.74) is 0.729. The Morgan fingerprint density at radius 1 is 1.25 bits per heavy atom. The van der Waals surface area contributed by atoms with E-state index in [1.807, 2.05) is 12.1 Å². The Hall–Kier alpha value is -3.48. The number of benzene rings is 2. The lowest BCUT2D eigenvalue weighted by Gasteiger charge is -2.28. The minimum Gasteiger partial charge on any atom is -0.349 e. The predicted molar refractivity (Wildman–Crippen MR) is 137 cm³/mol. The minimum absolute atomic E-state index is 0.0263. The largest absolute Gasteiger partial charge is 0.349 e. The van der Waals surface area contributed by atoms with Gasteiger partial charge in [0.1, 0.15) is 18.1 Å². The van der Waals surface area contributed by atoms with E-state index in [9.17, 15) is 18.8 Å². The van der Waals surface area contributed by atoms with E-state index >= 15 is 0 Å². The van der Waals surface area contributed by atoms with E-state index in [-0.39, 0.29) is 46.7 Å². The molecule has 0 saturated heterocycles. The molecule has 3 amide bonds. The maximum atomic E-state index is 14.2. The van der Waals surface area contributed by atoms with Crippen LogP contribution < -0.4 is 16.0 Å². The van der Waals surface area contributed by atoms with Gasteiger partial charge in [0.2, 0.25) is 11.7 Å². The molecular weight excluding hydrogens is 527 g/mol. The monoisotopic (exact) mass is 544 g/mol. The zero-order valence-electron chi connectivity index (χ0n) is 18.4. The van der Waals surface area contributed by atoms with Crippen molar-refractivity contribution in [2.75, 3.05) is 17.6 Å². The molecule has 0 fully saturated rings. The summed E-state index contributed by atoms with van der Waals surface area (Å²) >= 11 is 11.6. The molecule has 0 bridgehead atoms. The van der Waals surface area contributed by atoms with Gasteiger partial charge in [-0.3, -0.25) is 14.4 Å². The van der Waals surface area contributed by atoms with Crippen LogP contribution in [0.3, 0.4) is 0 Å². The van der Waals surface area contributed by atoms with Crippen molar-refractivity contribution in [1.82, 2.24) is 24.6 Å². The number of hydrogen-bond donors (Lipinski definition) is 4. The van der Waals surface area contributed by atoms with Gasteiger partial charge in [-0.2, -0.15) is 17.0 Å². The van der Waals surface area contributed by atoms with Gasteiger partial charge in [0.25, 0.3) is 11.8 Å². The number of thiol groups is 1. The molecule has 4 aromatic rings. The molecule has 36 heavy (non-hydrogen) atoms. The number of aromatic nitrogens is 3. The Balaban J connectivity index is 1.63. The molecule has 5 rings (SSSR count). The van der Waals surface area contributed by atoms with Gasteiger partial charge in [0.15, 0.2) is 5.82 Å². The molecule has 184 valence electrons. The van der Waals surface area contributed by atoms with E-state index in [0.717, 1.165) is 4.70 Å². The summed E-state index contributed by atoms with van der Waals surface area (Å²) in [6.45, 7) is 0.0346. The molecule has 1 atom stereocenters. The molecular formula is C23H18ClFN6O3S2. The second-order valence-corrected chi connectivity index (χ2v) is 9.54. The summed E-state index contributed by atoms with van der Waals surface area (Å²) in [6, 6.07) is 10.1. The fraction of sp³-hybridized carbons (Fsp3) is 0.174. The van der Waals surface area contributed by atoms with Crippen LogP contribution in [-0.2, 0) is 11.3 Å². The number of nitrogens with zero attached hydrogens (tertiary/aromatic N) is 3. The minimum atomic E-state index is -0.976. The second-order valence-electron chi connectivity index (χ2n) is 7.88. The van der Waals surface area contributed by atoms with Crippen LogP contribution >= 0.6 is 35.8 Å². The zero-order valence-corrected chi connectivity index (χ0v) is 20.9. The van der Waals surface area contributed by atoms with Crippen molar-refractivity contribution in [2.45, 2.75) is 12.6 Å². The summed E-state index contributed by atoms with van der Waals surface area (Å²) in [7, 11) is 0. The van der Waals surface area contributed by atoms with Gasteiger partial charge in [-0.1, -0.05) is 29.8 Å². The number of amides is 3. The molecule has 1 unspecified atom stereocenters. The number of carbonyl (C=O) groups excluding carboxylic acids is 3. The van der Waals surface area contributed by atoms with E-state index in [1.54, 1.807) is 12.1 Å². The van der Waals surface area contributed by atoms with Crippen molar-refractivity contribution in [1.29, 1.82) is 0 Å². The number of fused-ring (bicyclic) bond motifs is 2. The molecule has 0 radical (unpaired) electrons. The first kappa shape index (κ1) is 24.2. The number of carbonyl (C=O) groups is 3. The van der Waals surface area contributed by atoms with Crippen molar-refractivity contribution in [3.05, 3.63) is 76.1 Å². The highest BCUT2D eigenvalue weighted by Crippen LogP contribution is 2.36. The quantitative estimate of drug-likeness (QED) is 0.277. The number of rotatable bonds is 6. The number of anilines is 1. The Morgan fingerprint density at radius 3 is 2.86 bits per heavy atom. The number of halogens is 2. The zero-order chi connectivity index (χ0) is 25.4. The molecule has 0 aliphatic carbocycles. The van der Waals surface area contributed by atoms with Crippen molar-refractivity contribution >= 4 is 69.4 Å². The molecule has 0 saturated carbocycles. The van der Waals surface area contributed by atoms with Crippen LogP contribution in [0.4, 0.5) is 10.2 Å². The number of imidazole rings is 1. The van der Waals surface area contributed by atoms with Crippen LogP contribution in [0, 0.1) is 5.82 Å². The van der Waals surface area contributed by atoms with Gasteiger partial charge in [0, 0.05) is 28.3 Å². The number of nitrogens with one attached hydrogen (secondary N) is 3.